The second-order valence-electron chi connectivity index (χ2n) is 25.6. The highest BCUT2D eigenvalue weighted by atomic mass is 32.2. The fraction of sp³-hybridized carbons (Fsp3) is 0.0330. The molecule has 0 amide bonds. The quantitative estimate of drug-likeness (QED) is 0.149. The molecule has 1 unspecified atom stereocenters. The summed E-state index contributed by atoms with van der Waals surface area (Å²) in [7, 11) is 0. The van der Waals surface area contributed by atoms with Crippen LogP contribution in [0.1, 0.15) is 44.5 Å². The molecule has 4 aliphatic rings. The monoisotopic (exact) mass is 1210 g/mol. The maximum absolute atomic E-state index is 2.57. The predicted molar refractivity (Wildman–Crippen MR) is 392 cm³/mol. The van der Waals surface area contributed by atoms with Crippen LogP contribution in [0, 0.1) is 0 Å². The largest absolute Gasteiger partial charge is 0.0888 e. The predicted octanol–water partition coefficient (Wildman–Crippen LogP) is 24.8. The second-order valence-corrected chi connectivity index (χ2v) is 27.8. The molecule has 0 fully saturated rings. The Balaban J connectivity index is 0.747. The Labute approximate surface area is 549 Å². The Hall–Kier alpha value is -10.7. The van der Waals surface area contributed by atoms with E-state index in [2.05, 4.69) is 315 Å². The number of rotatable bonds is 8. The highest BCUT2D eigenvalue weighted by molar-refractivity contribution is 8.00. The molecule has 0 bridgehead atoms. The van der Waals surface area contributed by atoms with Gasteiger partial charge < -0.3 is 0 Å². The summed E-state index contributed by atoms with van der Waals surface area (Å²) in [5.41, 5.74) is 30.6. The molecule has 0 aromatic heterocycles. The number of fused-ring (bicyclic) bond motifs is 17. The van der Waals surface area contributed by atoms with Gasteiger partial charge in [0.1, 0.15) is 0 Å². The van der Waals surface area contributed by atoms with E-state index in [0.29, 0.717) is 0 Å². The van der Waals surface area contributed by atoms with Gasteiger partial charge in [0, 0.05) is 30.4 Å². The third kappa shape index (κ3) is 7.90. The lowest BCUT2D eigenvalue weighted by Gasteiger charge is -2.32. The molecule has 1 atom stereocenters. The molecular weight excluding hydrogens is 1160 g/mol. The molecule has 16 aromatic rings. The van der Waals surface area contributed by atoms with E-state index >= 15 is 0 Å². The molecule has 1 spiro atoms. The maximum atomic E-state index is 2.57. The van der Waals surface area contributed by atoms with Crippen molar-refractivity contribution in [1.82, 2.24) is 0 Å². The van der Waals surface area contributed by atoms with E-state index in [-0.39, 0.29) is 0 Å². The van der Waals surface area contributed by atoms with Crippen LogP contribution in [0.5, 0.6) is 0 Å². The van der Waals surface area contributed by atoms with Crippen molar-refractivity contribution in [3.05, 3.63) is 360 Å². The molecule has 0 N–H and O–H groups in total. The lowest BCUT2D eigenvalue weighted by Crippen LogP contribution is -2.26. The van der Waals surface area contributed by atoms with Gasteiger partial charge in [-0.3, -0.25) is 0 Å². The maximum Gasteiger partial charge on any atom is 0.0731 e. The lowest BCUT2D eigenvalue weighted by atomic mass is 9.69. The van der Waals surface area contributed by atoms with Gasteiger partial charge in [-0.25, -0.2) is 0 Å². The third-order valence-electron chi connectivity index (χ3n) is 20.8. The van der Waals surface area contributed by atoms with E-state index in [4.69, 9.17) is 0 Å². The van der Waals surface area contributed by atoms with E-state index in [0.717, 1.165) is 12.8 Å². The Bertz CT molecular complexity index is 5890. The summed E-state index contributed by atoms with van der Waals surface area (Å²) in [6.07, 6.45) is 1.61. The Morgan fingerprint density at radius 2 is 0.763 bits per heavy atom. The minimum atomic E-state index is -0.595. The summed E-state index contributed by atoms with van der Waals surface area (Å²) in [5, 5.41) is 10.3. The highest BCUT2D eigenvalue weighted by Crippen LogP contribution is 2.66. The van der Waals surface area contributed by atoms with Crippen LogP contribution in [0.2, 0.25) is 0 Å². The van der Waals surface area contributed by atoms with Gasteiger partial charge in [-0.2, -0.15) is 0 Å². The molecule has 0 nitrogen and oxygen atoms in total. The first-order chi connectivity index (χ1) is 46.1. The Morgan fingerprint density at radius 1 is 0.237 bits per heavy atom. The van der Waals surface area contributed by atoms with Crippen molar-refractivity contribution in [2.24, 2.45) is 0 Å². The third-order valence-corrected chi connectivity index (χ3v) is 23.1. The Kier molecular flexibility index (Phi) is 11.8. The van der Waals surface area contributed by atoms with Gasteiger partial charge in [-0.05, 0) is 221 Å². The second kappa shape index (κ2) is 20.6. The van der Waals surface area contributed by atoms with Crippen molar-refractivity contribution in [1.29, 1.82) is 0 Å². The van der Waals surface area contributed by atoms with Crippen molar-refractivity contribution in [2.75, 3.05) is 0 Å². The topological polar surface area (TPSA) is 0 Å². The van der Waals surface area contributed by atoms with Crippen LogP contribution in [0.3, 0.4) is 0 Å². The van der Waals surface area contributed by atoms with E-state index in [1.807, 2.05) is 23.5 Å². The smallest absolute Gasteiger partial charge is 0.0731 e. The van der Waals surface area contributed by atoms with Crippen molar-refractivity contribution in [3.8, 4) is 89.0 Å². The van der Waals surface area contributed by atoms with Crippen molar-refractivity contribution in [3.63, 3.8) is 0 Å². The molecule has 2 heteroatoms. The van der Waals surface area contributed by atoms with Gasteiger partial charge in [-0.15, -0.1) is 0 Å². The van der Waals surface area contributed by atoms with Gasteiger partial charge in [0.05, 0.1) is 5.41 Å². The first-order valence-corrected chi connectivity index (χ1v) is 34.1. The average Bonchev–Trinajstić information content (AvgIpc) is 1.50. The Morgan fingerprint density at radius 3 is 1.52 bits per heavy atom. The van der Waals surface area contributed by atoms with Crippen LogP contribution in [0.4, 0.5) is 0 Å². The van der Waals surface area contributed by atoms with Gasteiger partial charge in [0.15, 0.2) is 0 Å². The van der Waals surface area contributed by atoms with Crippen LogP contribution in [-0.2, 0) is 18.3 Å². The first kappa shape index (κ1) is 53.0. The summed E-state index contributed by atoms with van der Waals surface area (Å²) >= 11 is 3.78. The highest BCUT2D eigenvalue weighted by Gasteiger charge is 2.53. The SMILES string of the molecule is c1ccc(Cc2cc3ccc(-c4cccc5c4-c4ccccc4C54c5cc(-c6ccc7c8c(cccc68)-c6ccccc6S7)ccc5-c5ccc6ccccc6c54)cc3cc2-c2ccccc2Cc2ccccc2-c2ccc3c4c(cccc24)-c2ccccc2S3)cc1. The summed E-state index contributed by atoms with van der Waals surface area (Å²) in [6.45, 7) is 0. The molecule has 0 saturated heterocycles. The van der Waals surface area contributed by atoms with Crippen LogP contribution in [-0.4, -0.2) is 0 Å². The van der Waals surface area contributed by atoms with Gasteiger partial charge in [0.2, 0.25) is 0 Å². The summed E-state index contributed by atoms with van der Waals surface area (Å²) in [5.74, 6) is 0. The van der Waals surface area contributed by atoms with Crippen molar-refractivity contribution < 1.29 is 0 Å². The zero-order valence-electron chi connectivity index (χ0n) is 50.8. The lowest BCUT2D eigenvalue weighted by molar-refractivity contribution is 0.802. The molecule has 2 aliphatic carbocycles. The zero-order chi connectivity index (χ0) is 60.9. The number of hydrogen-bond donors (Lipinski definition) is 0. The van der Waals surface area contributed by atoms with Gasteiger partial charge >= 0.3 is 0 Å². The van der Waals surface area contributed by atoms with E-state index < -0.39 is 5.41 Å². The molecule has 16 aromatic carbocycles. The first-order valence-electron chi connectivity index (χ1n) is 32.5. The molecule has 2 aliphatic heterocycles. The molecule has 0 saturated carbocycles. The van der Waals surface area contributed by atoms with Gasteiger partial charge in [0.25, 0.3) is 0 Å². The molecule has 432 valence electrons. The van der Waals surface area contributed by atoms with E-state index in [9.17, 15) is 0 Å². The van der Waals surface area contributed by atoms with Crippen LogP contribution in [0.15, 0.2) is 335 Å². The normalized spacial score (nSPS) is 14.3. The number of hydrogen-bond acceptors (Lipinski definition) is 2. The fourth-order valence-corrected chi connectivity index (χ4v) is 19.1. The van der Waals surface area contributed by atoms with Crippen LogP contribution in [0.25, 0.3) is 132 Å². The van der Waals surface area contributed by atoms with Crippen molar-refractivity contribution in [2.45, 2.75) is 37.8 Å². The summed E-state index contributed by atoms with van der Waals surface area (Å²) < 4.78 is 0. The minimum Gasteiger partial charge on any atom is -0.0888 e. The summed E-state index contributed by atoms with van der Waals surface area (Å²) in [4.78, 5) is 5.27. The van der Waals surface area contributed by atoms with E-state index in [1.165, 1.54) is 196 Å². The fourth-order valence-electron chi connectivity index (χ4n) is 16.9. The van der Waals surface area contributed by atoms with E-state index in [1.54, 1.807) is 0 Å². The van der Waals surface area contributed by atoms with Crippen molar-refractivity contribution >= 4 is 66.6 Å². The standard InChI is InChI=1S/C91H56S2/c1-2-19-55(20-3-1)49-63-50-57-39-40-60(52-62(57)53-79(63)65-25-8-6-23-59(65)51-58-22-5-7-24-64(58)69-46-48-86-89-74(69)32-17-34-76(89)72-28-12-15-38-84(72)93-86)67-30-18-36-81-87(67)78-29-10-13-35-80(78)91(81)82-54-61(42-43-70(82)77-44-41-56-21-4-9-26-68(56)90(77)91)66-45-47-85-88-73(66)31-16-33-75(88)71-27-11-14-37-83(71)92-85/h1-48,50,52-54H,49,51H2. The zero-order valence-corrected chi connectivity index (χ0v) is 52.4. The average molecular weight is 1210 g/mol. The molecular formula is C91H56S2. The number of benzene rings is 16. The van der Waals surface area contributed by atoms with Crippen LogP contribution >= 0.6 is 23.5 Å². The van der Waals surface area contributed by atoms with Gasteiger partial charge in [-0.1, -0.05) is 297 Å². The molecule has 93 heavy (non-hydrogen) atoms. The van der Waals surface area contributed by atoms with Crippen LogP contribution < -0.4 is 0 Å². The molecule has 20 rings (SSSR count). The summed E-state index contributed by atoms with van der Waals surface area (Å²) in [6, 6.07) is 120. The molecule has 2 heterocycles. The molecule has 0 radical (unpaired) electrons. The minimum absolute atomic E-state index is 0.595.